The van der Waals surface area contributed by atoms with E-state index in [1.54, 1.807) is 0 Å². The maximum atomic E-state index is 6.04. The van der Waals surface area contributed by atoms with E-state index < -0.39 is 0 Å². The Morgan fingerprint density at radius 1 is 1.21 bits per heavy atom. The molecule has 3 aromatic rings. The van der Waals surface area contributed by atoms with Gasteiger partial charge in [0.25, 0.3) is 0 Å². The molecule has 0 saturated heterocycles. The largest absolute Gasteiger partial charge is 0.271 e. The van der Waals surface area contributed by atoms with E-state index in [0.29, 0.717) is 5.02 Å². The zero-order valence-corrected chi connectivity index (χ0v) is 10.9. The van der Waals surface area contributed by atoms with Crippen LogP contribution >= 0.6 is 11.6 Å². The third kappa shape index (κ3) is 2.21. The van der Waals surface area contributed by atoms with Gasteiger partial charge in [-0.15, -0.1) is 0 Å². The van der Waals surface area contributed by atoms with Gasteiger partial charge in [-0.1, -0.05) is 29.8 Å². The molecule has 0 spiro atoms. The van der Waals surface area contributed by atoms with E-state index in [9.17, 15) is 0 Å². The lowest BCUT2D eigenvalue weighted by Gasteiger charge is -2.15. The number of halogens is 1. The molecule has 96 valence electrons. The SMILES string of the molecule is NNC(c1cccc(Cl)c1)c1cnn2ccccc12. The monoisotopic (exact) mass is 272 g/mol. The Bertz CT molecular complexity index is 707. The summed E-state index contributed by atoms with van der Waals surface area (Å²) < 4.78 is 1.82. The zero-order chi connectivity index (χ0) is 13.2. The summed E-state index contributed by atoms with van der Waals surface area (Å²) >= 11 is 6.04. The zero-order valence-electron chi connectivity index (χ0n) is 10.1. The van der Waals surface area contributed by atoms with Gasteiger partial charge >= 0.3 is 0 Å². The van der Waals surface area contributed by atoms with E-state index >= 15 is 0 Å². The van der Waals surface area contributed by atoms with Crippen molar-refractivity contribution >= 4 is 17.1 Å². The van der Waals surface area contributed by atoms with E-state index in [1.165, 1.54) is 0 Å². The molecule has 0 fully saturated rings. The summed E-state index contributed by atoms with van der Waals surface area (Å²) in [6.07, 6.45) is 3.73. The lowest BCUT2D eigenvalue weighted by atomic mass is 10.0. The molecule has 0 aliphatic heterocycles. The third-order valence-corrected chi connectivity index (χ3v) is 3.35. The molecular weight excluding hydrogens is 260 g/mol. The topological polar surface area (TPSA) is 55.3 Å². The number of nitrogens with zero attached hydrogens (tertiary/aromatic N) is 2. The van der Waals surface area contributed by atoms with Gasteiger partial charge in [0.05, 0.1) is 17.8 Å². The second-order valence-electron chi connectivity index (χ2n) is 4.29. The second kappa shape index (κ2) is 5.01. The van der Waals surface area contributed by atoms with Crippen molar-refractivity contribution in [3.8, 4) is 0 Å². The summed E-state index contributed by atoms with van der Waals surface area (Å²) in [5, 5.41) is 5.01. The van der Waals surface area contributed by atoms with Gasteiger partial charge in [-0.25, -0.2) is 9.94 Å². The van der Waals surface area contributed by atoms with E-state index in [2.05, 4.69) is 10.5 Å². The fourth-order valence-electron chi connectivity index (χ4n) is 2.23. The number of hydrogen-bond acceptors (Lipinski definition) is 3. The van der Waals surface area contributed by atoms with Gasteiger partial charge in [0.2, 0.25) is 0 Å². The number of hydrazine groups is 1. The molecule has 0 amide bonds. The van der Waals surface area contributed by atoms with E-state index in [4.69, 9.17) is 17.4 Å². The predicted octanol–water partition coefficient (Wildman–Crippen LogP) is 2.54. The lowest BCUT2D eigenvalue weighted by Crippen LogP contribution is -2.28. The van der Waals surface area contributed by atoms with Crippen molar-refractivity contribution < 1.29 is 0 Å². The van der Waals surface area contributed by atoms with E-state index in [1.807, 2.05) is 59.4 Å². The Kier molecular flexibility index (Phi) is 3.21. The van der Waals surface area contributed by atoms with Gasteiger partial charge in [-0.2, -0.15) is 5.10 Å². The average molecular weight is 273 g/mol. The Labute approximate surface area is 115 Å². The molecule has 0 aliphatic rings. The lowest BCUT2D eigenvalue weighted by molar-refractivity contribution is 0.641. The number of rotatable bonds is 3. The minimum absolute atomic E-state index is 0.140. The minimum atomic E-state index is -0.140. The highest BCUT2D eigenvalue weighted by molar-refractivity contribution is 6.30. The maximum absolute atomic E-state index is 6.04. The van der Waals surface area contributed by atoms with Crippen LogP contribution in [-0.2, 0) is 0 Å². The molecule has 0 radical (unpaired) electrons. The molecule has 1 aromatic carbocycles. The van der Waals surface area contributed by atoms with Crippen LogP contribution in [-0.4, -0.2) is 9.61 Å². The second-order valence-corrected chi connectivity index (χ2v) is 4.72. The van der Waals surface area contributed by atoms with Crippen LogP contribution in [0.3, 0.4) is 0 Å². The van der Waals surface area contributed by atoms with Gasteiger partial charge in [0.1, 0.15) is 0 Å². The molecule has 3 N–H and O–H groups in total. The van der Waals surface area contributed by atoms with Crippen molar-refractivity contribution in [1.82, 2.24) is 15.0 Å². The summed E-state index contributed by atoms with van der Waals surface area (Å²) in [4.78, 5) is 0. The smallest absolute Gasteiger partial charge is 0.0747 e. The number of fused-ring (bicyclic) bond motifs is 1. The average Bonchev–Trinajstić information content (AvgIpc) is 2.84. The normalized spacial score (nSPS) is 12.7. The molecule has 0 bridgehead atoms. The van der Waals surface area contributed by atoms with E-state index in [-0.39, 0.29) is 6.04 Å². The van der Waals surface area contributed by atoms with Crippen molar-refractivity contribution in [2.75, 3.05) is 0 Å². The molecule has 19 heavy (non-hydrogen) atoms. The van der Waals surface area contributed by atoms with Crippen molar-refractivity contribution in [3.05, 3.63) is 71.0 Å². The van der Waals surface area contributed by atoms with Crippen LogP contribution in [0.15, 0.2) is 54.9 Å². The van der Waals surface area contributed by atoms with Crippen LogP contribution in [0.2, 0.25) is 5.02 Å². The number of nitrogens with one attached hydrogen (secondary N) is 1. The quantitative estimate of drug-likeness (QED) is 0.569. The van der Waals surface area contributed by atoms with Crippen LogP contribution in [0.4, 0.5) is 0 Å². The number of aromatic nitrogens is 2. The molecule has 2 aromatic heterocycles. The highest BCUT2D eigenvalue weighted by atomic mass is 35.5. The summed E-state index contributed by atoms with van der Waals surface area (Å²) in [6.45, 7) is 0. The maximum Gasteiger partial charge on any atom is 0.0747 e. The van der Waals surface area contributed by atoms with Crippen LogP contribution < -0.4 is 11.3 Å². The van der Waals surface area contributed by atoms with Crippen molar-refractivity contribution in [2.45, 2.75) is 6.04 Å². The van der Waals surface area contributed by atoms with Crippen LogP contribution in [0.25, 0.3) is 5.52 Å². The first-order chi connectivity index (χ1) is 9.29. The van der Waals surface area contributed by atoms with Gasteiger partial charge in [-0.3, -0.25) is 5.84 Å². The van der Waals surface area contributed by atoms with Crippen molar-refractivity contribution in [1.29, 1.82) is 0 Å². The first kappa shape index (κ1) is 12.2. The fraction of sp³-hybridized carbons (Fsp3) is 0.0714. The Morgan fingerprint density at radius 2 is 2.11 bits per heavy atom. The molecular formula is C14H13ClN4. The van der Waals surface area contributed by atoms with Gasteiger partial charge in [0.15, 0.2) is 0 Å². The first-order valence-electron chi connectivity index (χ1n) is 5.93. The van der Waals surface area contributed by atoms with Gasteiger partial charge in [-0.05, 0) is 29.8 Å². The Balaban J connectivity index is 2.12. The molecule has 4 nitrogen and oxygen atoms in total. The van der Waals surface area contributed by atoms with E-state index in [0.717, 1.165) is 16.6 Å². The molecule has 2 heterocycles. The van der Waals surface area contributed by atoms with Gasteiger partial charge < -0.3 is 0 Å². The summed E-state index contributed by atoms with van der Waals surface area (Å²) in [5.41, 5.74) is 5.87. The fourth-order valence-corrected chi connectivity index (χ4v) is 2.43. The summed E-state index contributed by atoms with van der Waals surface area (Å²) in [5.74, 6) is 5.71. The highest BCUT2D eigenvalue weighted by Gasteiger charge is 2.17. The molecule has 5 heteroatoms. The third-order valence-electron chi connectivity index (χ3n) is 3.12. The molecule has 0 saturated carbocycles. The molecule has 0 aliphatic carbocycles. The number of nitrogens with two attached hydrogens (primary N) is 1. The van der Waals surface area contributed by atoms with Crippen LogP contribution in [0.5, 0.6) is 0 Å². The Hall–Kier alpha value is -1.88. The number of benzene rings is 1. The van der Waals surface area contributed by atoms with Crippen LogP contribution in [0.1, 0.15) is 17.2 Å². The van der Waals surface area contributed by atoms with Crippen LogP contribution in [0, 0.1) is 0 Å². The predicted molar refractivity (Wildman–Crippen MR) is 75.8 cm³/mol. The van der Waals surface area contributed by atoms with Gasteiger partial charge in [0, 0.05) is 16.8 Å². The van der Waals surface area contributed by atoms with Crippen molar-refractivity contribution in [2.24, 2.45) is 5.84 Å². The summed E-state index contributed by atoms with van der Waals surface area (Å²) in [7, 11) is 0. The highest BCUT2D eigenvalue weighted by Crippen LogP contribution is 2.26. The minimum Gasteiger partial charge on any atom is -0.271 e. The number of pyridine rings is 1. The molecule has 1 atom stereocenters. The number of hydrogen-bond donors (Lipinski definition) is 2. The first-order valence-corrected chi connectivity index (χ1v) is 6.31. The van der Waals surface area contributed by atoms with Crippen molar-refractivity contribution in [3.63, 3.8) is 0 Å². The Morgan fingerprint density at radius 3 is 2.89 bits per heavy atom. The standard InChI is InChI=1S/C14H13ClN4/c15-11-5-3-4-10(8-11)14(18-16)12-9-17-19-7-2-1-6-13(12)19/h1-9,14,18H,16H2. The molecule has 3 rings (SSSR count). The molecule has 1 unspecified atom stereocenters. The summed E-state index contributed by atoms with van der Waals surface area (Å²) in [6, 6.07) is 13.4.